The highest BCUT2D eigenvalue weighted by molar-refractivity contribution is 5.88. The zero-order valence-corrected chi connectivity index (χ0v) is 12.5. The molecule has 0 aliphatic heterocycles. The molecular weight excluding hydrogens is 252 g/mol. The number of allylic oxidation sites excluding steroid dienone is 6. The molecule has 2 aromatic rings. The van der Waals surface area contributed by atoms with Crippen LogP contribution in [0.4, 0.5) is 0 Å². The van der Waals surface area contributed by atoms with Gasteiger partial charge in [0.05, 0.1) is 0 Å². The summed E-state index contributed by atoms with van der Waals surface area (Å²) in [5, 5.41) is 0. The van der Waals surface area contributed by atoms with Crippen LogP contribution in [0.1, 0.15) is 30.5 Å². The zero-order valence-electron chi connectivity index (χ0n) is 12.5. The number of hydrogen-bond donors (Lipinski definition) is 0. The van der Waals surface area contributed by atoms with E-state index in [0.717, 1.165) is 6.42 Å². The van der Waals surface area contributed by atoms with Gasteiger partial charge in [-0.05, 0) is 59.2 Å². The number of benzene rings is 2. The minimum atomic E-state index is 1.06. The summed E-state index contributed by atoms with van der Waals surface area (Å²) in [7, 11) is 0. The molecule has 0 fully saturated rings. The molecule has 2 aromatic carbocycles. The Morgan fingerprint density at radius 2 is 1.71 bits per heavy atom. The molecule has 4 rings (SSSR count). The summed E-state index contributed by atoms with van der Waals surface area (Å²) in [6, 6.07) is 15.7. The summed E-state index contributed by atoms with van der Waals surface area (Å²) in [5.74, 6) is 0. The van der Waals surface area contributed by atoms with E-state index in [1.807, 2.05) is 0 Å². The fraction of sp³-hybridized carbons (Fsp3) is 0.143. The van der Waals surface area contributed by atoms with Gasteiger partial charge in [-0.25, -0.2) is 0 Å². The molecule has 0 heterocycles. The van der Waals surface area contributed by atoms with Crippen LogP contribution in [0.3, 0.4) is 0 Å². The van der Waals surface area contributed by atoms with Gasteiger partial charge in [0, 0.05) is 0 Å². The third kappa shape index (κ3) is 1.91. The van der Waals surface area contributed by atoms with E-state index in [9.17, 15) is 0 Å². The van der Waals surface area contributed by atoms with E-state index in [-0.39, 0.29) is 0 Å². The van der Waals surface area contributed by atoms with Crippen molar-refractivity contribution in [1.82, 2.24) is 0 Å². The topological polar surface area (TPSA) is 0 Å². The first-order valence-corrected chi connectivity index (χ1v) is 7.52. The lowest BCUT2D eigenvalue weighted by molar-refractivity contribution is 1.26. The number of hydrogen-bond acceptors (Lipinski definition) is 0. The number of rotatable bonds is 1. The average molecular weight is 270 g/mol. The highest BCUT2D eigenvalue weighted by atomic mass is 14.2. The Kier molecular flexibility index (Phi) is 2.71. The van der Waals surface area contributed by atoms with Crippen LogP contribution in [0.15, 0.2) is 71.8 Å². The van der Waals surface area contributed by atoms with Crippen LogP contribution < -0.4 is 0 Å². The summed E-state index contributed by atoms with van der Waals surface area (Å²) < 4.78 is 0. The normalized spacial score (nSPS) is 15.0. The predicted molar refractivity (Wildman–Crippen MR) is 90.2 cm³/mol. The molecule has 0 saturated heterocycles. The zero-order chi connectivity index (χ0) is 14.4. The van der Waals surface area contributed by atoms with Crippen molar-refractivity contribution in [3.05, 3.63) is 88.5 Å². The van der Waals surface area contributed by atoms with E-state index in [2.05, 4.69) is 74.5 Å². The van der Waals surface area contributed by atoms with Crippen molar-refractivity contribution in [3.8, 4) is 11.1 Å². The average Bonchev–Trinajstić information content (AvgIpc) is 3.11. The van der Waals surface area contributed by atoms with Gasteiger partial charge in [0.2, 0.25) is 0 Å². The molecule has 0 unspecified atom stereocenters. The smallest absolute Gasteiger partial charge is 0.00132 e. The largest absolute Gasteiger partial charge is 0.0686 e. The summed E-state index contributed by atoms with van der Waals surface area (Å²) in [4.78, 5) is 0. The molecule has 0 N–H and O–H groups in total. The van der Waals surface area contributed by atoms with E-state index in [4.69, 9.17) is 0 Å². The first-order valence-electron chi connectivity index (χ1n) is 7.52. The minimum Gasteiger partial charge on any atom is -0.0686 e. The Bertz CT molecular complexity index is 825. The quantitative estimate of drug-likeness (QED) is 0.544. The minimum absolute atomic E-state index is 1.06. The maximum Gasteiger partial charge on any atom is -0.00132 e. The Balaban J connectivity index is 1.80. The van der Waals surface area contributed by atoms with Crippen LogP contribution in [0.2, 0.25) is 0 Å². The predicted octanol–water partition coefficient (Wildman–Crippen LogP) is 5.55. The molecule has 102 valence electrons. The SMILES string of the molecule is CC(C)=C1C=CC=C1c1ccc2c(c1)Cc1ccccc1-2. The fourth-order valence-corrected chi connectivity index (χ4v) is 3.42. The highest BCUT2D eigenvalue weighted by Crippen LogP contribution is 2.39. The van der Waals surface area contributed by atoms with Crippen LogP contribution >= 0.6 is 0 Å². The van der Waals surface area contributed by atoms with E-state index in [1.165, 1.54) is 44.5 Å². The van der Waals surface area contributed by atoms with Gasteiger partial charge in [-0.3, -0.25) is 0 Å². The Labute approximate surface area is 126 Å². The van der Waals surface area contributed by atoms with Gasteiger partial charge in [0.15, 0.2) is 0 Å². The van der Waals surface area contributed by atoms with Crippen molar-refractivity contribution in [2.45, 2.75) is 20.3 Å². The van der Waals surface area contributed by atoms with Gasteiger partial charge in [-0.15, -0.1) is 0 Å². The second-order valence-corrected chi connectivity index (χ2v) is 6.06. The lowest BCUT2D eigenvalue weighted by Gasteiger charge is -2.10. The first-order chi connectivity index (χ1) is 10.2. The Morgan fingerprint density at radius 1 is 0.905 bits per heavy atom. The molecule has 0 atom stereocenters. The van der Waals surface area contributed by atoms with Crippen LogP contribution in [0.25, 0.3) is 16.7 Å². The highest BCUT2D eigenvalue weighted by Gasteiger charge is 2.19. The van der Waals surface area contributed by atoms with Crippen molar-refractivity contribution in [2.24, 2.45) is 0 Å². The summed E-state index contributed by atoms with van der Waals surface area (Å²) in [6.45, 7) is 4.37. The molecule has 0 bridgehead atoms. The van der Waals surface area contributed by atoms with Gasteiger partial charge < -0.3 is 0 Å². The lowest BCUT2D eigenvalue weighted by atomic mass is 9.94. The third-order valence-electron chi connectivity index (χ3n) is 4.46. The standard InChI is InChI=1S/C21H18/c1-14(2)18-8-5-9-19(18)16-10-11-21-17(13-16)12-15-6-3-4-7-20(15)21/h3-11,13H,12H2,1-2H3. The van der Waals surface area contributed by atoms with Gasteiger partial charge >= 0.3 is 0 Å². The van der Waals surface area contributed by atoms with Crippen LogP contribution in [-0.4, -0.2) is 0 Å². The first kappa shape index (κ1) is 12.4. The van der Waals surface area contributed by atoms with Gasteiger partial charge in [-0.2, -0.15) is 0 Å². The second-order valence-electron chi connectivity index (χ2n) is 6.06. The molecular formula is C21H18. The molecule has 0 saturated carbocycles. The van der Waals surface area contributed by atoms with Crippen molar-refractivity contribution >= 4 is 5.57 Å². The van der Waals surface area contributed by atoms with Crippen molar-refractivity contribution in [1.29, 1.82) is 0 Å². The van der Waals surface area contributed by atoms with E-state index < -0.39 is 0 Å². The maximum absolute atomic E-state index is 2.37. The summed E-state index contributed by atoms with van der Waals surface area (Å²) in [6.07, 6.45) is 7.66. The summed E-state index contributed by atoms with van der Waals surface area (Å²) in [5.41, 5.74) is 11.1. The molecule has 0 aromatic heterocycles. The van der Waals surface area contributed by atoms with Gasteiger partial charge in [-0.1, -0.05) is 66.3 Å². The van der Waals surface area contributed by atoms with E-state index in [0.29, 0.717) is 0 Å². The second kappa shape index (κ2) is 4.60. The molecule has 0 amide bonds. The Hall–Kier alpha value is -2.34. The van der Waals surface area contributed by atoms with Crippen molar-refractivity contribution in [2.75, 3.05) is 0 Å². The lowest BCUT2D eigenvalue weighted by Crippen LogP contribution is -1.90. The summed E-state index contributed by atoms with van der Waals surface area (Å²) >= 11 is 0. The van der Waals surface area contributed by atoms with Gasteiger partial charge in [0.1, 0.15) is 0 Å². The molecule has 21 heavy (non-hydrogen) atoms. The molecule has 2 aliphatic carbocycles. The molecule has 0 spiro atoms. The maximum atomic E-state index is 2.37. The van der Waals surface area contributed by atoms with Crippen LogP contribution in [0.5, 0.6) is 0 Å². The monoisotopic (exact) mass is 270 g/mol. The third-order valence-corrected chi connectivity index (χ3v) is 4.46. The van der Waals surface area contributed by atoms with Crippen LogP contribution in [0, 0.1) is 0 Å². The molecule has 2 aliphatic rings. The molecule has 0 heteroatoms. The van der Waals surface area contributed by atoms with Crippen molar-refractivity contribution < 1.29 is 0 Å². The molecule has 0 radical (unpaired) electrons. The van der Waals surface area contributed by atoms with Gasteiger partial charge in [0.25, 0.3) is 0 Å². The van der Waals surface area contributed by atoms with Crippen LogP contribution in [-0.2, 0) is 6.42 Å². The Morgan fingerprint density at radius 3 is 2.57 bits per heavy atom. The van der Waals surface area contributed by atoms with E-state index in [1.54, 1.807) is 0 Å². The molecule has 0 nitrogen and oxygen atoms in total. The fourth-order valence-electron chi connectivity index (χ4n) is 3.42. The van der Waals surface area contributed by atoms with Crippen molar-refractivity contribution in [3.63, 3.8) is 0 Å². The van der Waals surface area contributed by atoms with E-state index >= 15 is 0 Å². The number of fused-ring (bicyclic) bond motifs is 3.